The van der Waals surface area contributed by atoms with Crippen molar-refractivity contribution in [3.63, 3.8) is 0 Å². The van der Waals surface area contributed by atoms with Gasteiger partial charge in [-0.3, -0.25) is 9.59 Å². The summed E-state index contributed by atoms with van der Waals surface area (Å²) in [7, 11) is 0. The number of rotatable bonds is 8. The quantitative estimate of drug-likeness (QED) is 0.264. The highest BCUT2D eigenvalue weighted by molar-refractivity contribution is 5.75. The second-order valence-corrected chi connectivity index (χ2v) is 8.00. The van der Waals surface area contributed by atoms with Gasteiger partial charge in [-0.1, -0.05) is 36.4 Å². The fraction of sp³-hybridized carbons (Fsp3) is 0.269. The molecule has 0 N–H and O–H groups in total. The summed E-state index contributed by atoms with van der Waals surface area (Å²) in [4.78, 5) is 25.7. The smallest absolute Gasteiger partial charge is 0.416 e. The predicted octanol–water partition coefficient (Wildman–Crippen LogP) is 4.66. The standard InChI is InChI=1S/C26H25F3N2O4/c1-3-35-25(33)12-20-11-21(17-31(34)15-20)24-10-9-23(26(27,28)29)13-22(24)16-30(18(2)32)14-19-7-5-4-6-8-19/h4-11,13,15,17H,3,12,14,16H2,1-2H3. The van der Waals surface area contributed by atoms with Crippen LogP contribution >= 0.6 is 0 Å². The Morgan fingerprint density at radius 1 is 1.00 bits per heavy atom. The Morgan fingerprint density at radius 3 is 2.34 bits per heavy atom. The summed E-state index contributed by atoms with van der Waals surface area (Å²) >= 11 is 0. The first-order chi connectivity index (χ1) is 16.6. The first-order valence-corrected chi connectivity index (χ1v) is 10.9. The van der Waals surface area contributed by atoms with E-state index in [1.807, 2.05) is 30.3 Å². The van der Waals surface area contributed by atoms with Crippen LogP contribution in [0.3, 0.4) is 0 Å². The molecule has 2 aromatic carbocycles. The largest absolute Gasteiger partial charge is 0.619 e. The average molecular weight is 486 g/mol. The summed E-state index contributed by atoms with van der Waals surface area (Å²) in [6.45, 7) is 3.29. The van der Waals surface area contributed by atoms with Crippen LogP contribution in [-0.2, 0) is 40.0 Å². The number of pyridine rings is 1. The normalized spacial score (nSPS) is 11.2. The minimum absolute atomic E-state index is 0.107. The maximum absolute atomic E-state index is 13.5. The van der Waals surface area contributed by atoms with E-state index in [1.165, 1.54) is 30.3 Å². The molecule has 0 aliphatic carbocycles. The van der Waals surface area contributed by atoms with Crippen molar-refractivity contribution in [2.24, 2.45) is 0 Å². The second-order valence-electron chi connectivity index (χ2n) is 8.00. The van der Waals surface area contributed by atoms with Gasteiger partial charge in [0, 0.05) is 31.1 Å². The van der Waals surface area contributed by atoms with Crippen LogP contribution in [0.1, 0.15) is 36.1 Å². The van der Waals surface area contributed by atoms with E-state index in [2.05, 4.69) is 0 Å². The van der Waals surface area contributed by atoms with Crippen LogP contribution in [-0.4, -0.2) is 23.4 Å². The number of ether oxygens (including phenoxy) is 1. The van der Waals surface area contributed by atoms with Crippen LogP contribution in [0.25, 0.3) is 11.1 Å². The highest BCUT2D eigenvalue weighted by Gasteiger charge is 2.31. The number of carbonyl (C=O) groups excluding carboxylic acids is 2. The highest BCUT2D eigenvalue weighted by atomic mass is 19.4. The summed E-state index contributed by atoms with van der Waals surface area (Å²) in [5.74, 6) is -0.838. The molecule has 1 amide bonds. The number of aromatic nitrogens is 1. The zero-order valence-electron chi connectivity index (χ0n) is 19.3. The van der Waals surface area contributed by atoms with Crippen molar-refractivity contribution in [2.75, 3.05) is 6.61 Å². The lowest BCUT2D eigenvalue weighted by molar-refractivity contribution is -0.605. The number of hydrogen-bond donors (Lipinski definition) is 0. The lowest BCUT2D eigenvalue weighted by Gasteiger charge is -2.24. The van der Waals surface area contributed by atoms with E-state index < -0.39 is 17.7 Å². The molecule has 0 aliphatic heterocycles. The lowest BCUT2D eigenvalue weighted by Crippen LogP contribution is -2.29. The minimum atomic E-state index is -4.59. The average Bonchev–Trinajstić information content (AvgIpc) is 2.78. The number of benzene rings is 2. The number of carbonyl (C=O) groups is 2. The van der Waals surface area contributed by atoms with E-state index in [1.54, 1.807) is 13.0 Å². The number of nitrogens with zero attached hydrogens (tertiary/aromatic N) is 2. The van der Waals surface area contributed by atoms with Gasteiger partial charge in [0.25, 0.3) is 0 Å². The van der Waals surface area contributed by atoms with Crippen molar-refractivity contribution < 1.29 is 32.2 Å². The number of halogens is 3. The molecule has 0 saturated carbocycles. The summed E-state index contributed by atoms with van der Waals surface area (Å²) < 4.78 is 45.9. The Morgan fingerprint density at radius 2 is 1.71 bits per heavy atom. The summed E-state index contributed by atoms with van der Waals surface area (Å²) in [6, 6.07) is 13.9. The number of amides is 1. The van der Waals surface area contributed by atoms with Crippen LogP contribution in [0.4, 0.5) is 13.2 Å². The highest BCUT2D eigenvalue weighted by Crippen LogP contribution is 2.34. The summed E-state index contributed by atoms with van der Waals surface area (Å²) in [6.07, 6.45) is -2.32. The van der Waals surface area contributed by atoms with Crippen LogP contribution in [0.2, 0.25) is 0 Å². The Balaban J connectivity index is 2.04. The van der Waals surface area contributed by atoms with Gasteiger partial charge in [0.2, 0.25) is 5.91 Å². The van der Waals surface area contributed by atoms with Crippen molar-refractivity contribution >= 4 is 11.9 Å². The maximum atomic E-state index is 13.5. The molecule has 3 rings (SSSR count). The van der Waals surface area contributed by atoms with Crippen LogP contribution < -0.4 is 4.73 Å². The third-order valence-corrected chi connectivity index (χ3v) is 5.32. The number of esters is 1. The predicted molar refractivity (Wildman–Crippen MR) is 123 cm³/mol. The molecule has 0 spiro atoms. The van der Waals surface area contributed by atoms with Gasteiger partial charge < -0.3 is 14.8 Å². The Labute approximate surface area is 201 Å². The molecule has 6 nitrogen and oxygen atoms in total. The van der Waals surface area contributed by atoms with E-state index in [9.17, 15) is 28.0 Å². The molecule has 0 bridgehead atoms. The molecule has 0 aliphatic rings. The van der Waals surface area contributed by atoms with Gasteiger partial charge in [-0.15, -0.1) is 0 Å². The van der Waals surface area contributed by atoms with E-state index in [4.69, 9.17) is 4.74 Å². The molecule has 9 heteroatoms. The number of hydrogen-bond acceptors (Lipinski definition) is 4. The molecule has 1 aromatic heterocycles. The van der Waals surface area contributed by atoms with Crippen molar-refractivity contribution in [1.29, 1.82) is 0 Å². The molecule has 0 atom stereocenters. The van der Waals surface area contributed by atoms with Crippen molar-refractivity contribution in [3.8, 4) is 11.1 Å². The summed E-state index contributed by atoms with van der Waals surface area (Å²) in [5.41, 5.74) is 1.22. The van der Waals surface area contributed by atoms with Crippen LogP contribution in [0.5, 0.6) is 0 Å². The SMILES string of the molecule is CCOC(=O)Cc1cc(-c2ccc(C(F)(F)F)cc2CN(Cc2ccccc2)C(C)=O)c[n+]([O-])c1. The van der Waals surface area contributed by atoms with Gasteiger partial charge >= 0.3 is 12.1 Å². The fourth-order valence-corrected chi connectivity index (χ4v) is 3.71. The third-order valence-electron chi connectivity index (χ3n) is 5.32. The fourth-order valence-electron chi connectivity index (χ4n) is 3.71. The minimum Gasteiger partial charge on any atom is -0.619 e. The molecule has 35 heavy (non-hydrogen) atoms. The van der Waals surface area contributed by atoms with Crippen molar-refractivity contribution in [3.05, 3.63) is 94.5 Å². The zero-order chi connectivity index (χ0) is 25.6. The van der Waals surface area contributed by atoms with E-state index in [0.29, 0.717) is 21.4 Å². The first kappa shape index (κ1) is 25.7. The lowest BCUT2D eigenvalue weighted by atomic mass is 9.96. The maximum Gasteiger partial charge on any atom is 0.416 e. The van der Waals surface area contributed by atoms with Crippen LogP contribution in [0.15, 0.2) is 67.0 Å². The monoisotopic (exact) mass is 486 g/mol. The van der Waals surface area contributed by atoms with Gasteiger partial charge in [-0.05, 0) is 41.8 Å². The molecular weight excluding hydrogens is 461 g/mol. The summed E-state index contributed by atoms with van der Waals surface area (Å²) in [5, 5.41) is 12.3. The Hall–Kier alpha value is -3.88. The molecule has 0 radical (unpaired) electrons. The van der Waals surface area contributed by atoms with E-state index >= 15 is 0 Å². The van der Waals surface area contributed by atoms with Crippen molar-refractivity contribution in [1.82, 2.24) is 4.90 Å². The third kappa shape index (κ3) is 7.05. The van der Waals surface area contributed by atoms with E-state index in [-0.39, 0.29) is 37.6 Å². The van der Waals surface area contributed by atoms with Crippen molar-refractivity contribution in [2.45, 2.75) is 39.5 Å². The molecule has 0 unspecified atom stereocenters. The van der Waals surface area contributed by atoms with Crippen LogP contribution in [0, 0.1) is 5.21 Å². The molecule has 3 aromatic rings. The molecule has 0 saturated heterocycles. The Bertz CT molecular complexity index is 1200. The second kappa shape index (κ2) is 11.0. The topological polar surface area (TPSA) is 73.5 Å². The molecule has 0 fully saturated rings. The van der Waals surface area contributed by atoms with Gasteiger partial charge in [-0.2, -0.15) is 17.9 Å². The zero-order valence-corrected chi connectivity index (χ0v) is 19.3. The molecule has 1 heterocycles. The van der Waals surface area contributed by atoms with E-state index in [0.717, 1.165) is 17.7 Å². The van der Waals surface area contributed by atoms with Gasteiger partial charge in [-0.25, -0.2) is 0 Å². The first-order valence-electron chi connectivity index (χ1n) is 10.9. The number of alkyl halides is 3. The molecular formula is C26H25F3N2O4. The van der Waals surface area contributed by atoms with Gasteiger partial charge in [0.05, 0.1) is 18.6 Å². The Kier molecular flexibility index (Phi) is 8.11. The van der Waals surface area contributed by atoms with Gasteiger partial charge in [0.1, 0.15) is 0 Å². The molecule has 184 valence electrons. The van der Waals surface area contributed by atoms with Gasteiger partial charge in [0.15, 0.2) is 12.4 Å².